The Balaban J connectivity index is 1.52. The van der Waals surface area contributed by atoms with Gasteiger partial charge >= 0.3 is 0 Å². The molecule has 6 heteroatoms. The molecule has 1 fully saturated rings. The van der Waals surface area contributed by atoms with E-state index >= 15 is 0 Å². The summed E-state index contributed by atoms with van der Waals surface area (Å²) in [7, 11) is 1.63. The number of benzene rings is 2. The molecule has 0 bridgehead atoms. The van der Waals surface area contributed by atoms with Crippen LogP contribution in [0.15, 0.2) is 48.5 Å². The molecule has 0 spiro atoms. The van der Waals surface area contributed by atoms with Crippen molar-refractivity contribution in [3.8, 4) is 5.75 Å². The number of amides is 1. The molecule has 126 valence electrons. The molecule has 3 rings (SSSR count). The van der Waals surface area contributed by atoms with Crippen molar-refractivity contribution in [1.82, 2.24) is 16.2 Å². The normalized spacial score (nSPS) is 19.9. The smallest absolute Gasteiger partial charge is 0.238 e. The average Bonchev–Trinajstić information content (AvgIpc) is 3.11. The third-order valence-electron chi connectivity index (χ3n) is 4.12. The number of hydrogen-bond acceptors (Lipinski definition) is 4. The SMILES string of the molecule is COc1ccc(C2CC(C(=O)NCc3ccc(F)cc3)NN2)cc1. The lowest BCUT2D eigenvalue weighted by Gasteiger charge is -2.11. The molecule has 0 aliphatic carbocycles. The molecule has 2 aromatic carbocycles. The van der Waals surface area contributed by atoms with Crippen molar-refractivity contribution in [3.05, 3.63) is 65.5 Å². The van der Waals surface area contributed by atoms with Crippen LogP contribution in [0.4, 0.5) is 4.39 Å². The second kappa shape index (κ2) is 7.42. The zero-order valence-electron chi connectivity index (χ0n) is 13.4. The highest BCUT2D eigenvalue weighted by atomic mass is 19.1. The first-order valence-electron chi connectivity index (χ1n) is 7.83. The fourth-order valence-corrected chi connectivity index (χ4v) is 2.70. The third-order valence-corrected chi connectivity index (χ3v) is 4.12. The Bertz CT molecular complexity index is 688. The molecule has 1 aliphatic heterocycles. The van der Waals surface area contributed by atoms with Gasteiger partial charge in [-0.25, -0.2) is 15.2 Å². The van der Waals surface area contributed by atoms with Gasteiger partial charge in [0.15, 0.2) is 0 Å². The molecule has 2 atom stereocenters. The van der Waals surface area contributed by atoms with Gasteiger partial charge in [-0.1, -0.05) is 24.3 Å². The van der Waals surface area contributed by atoms with Crippen LogP contribution in [0.5, 0.6) is 5.75 Å². The zero-order chi connectivity index (χ0) is 16.9. The van der Waals surface area contributed by atoms with Crippen LogP contribution in [0.3, 0.4) is 0 Å². The van der Waals surface area contributed by atoms with Crippen LogP contribution < -0.4 is 20.9 Å². The highest BCUT2D eigenvalue weighted by Crippen LogP contribution is 2.24. The number of rotatable bonds is 5. The minimum Gasteiger partial charge on any atom is -0.497 e. The summed E-state index contributed by atoms with van der Waals surface area (Å²) in [5.41, 5.74) is 8.13. The van der Waals surface area contributed by atoms with Gasteiger partial charge in [0.25, 0.3) is 0 Å². The van der Waals surface area contributed by atoms with Crippen molar-refractivity contribution < 1.29 is 13.9 Å². The second-order valence-electron chi connectivity index (χ2n) is 5.75. The van der Waals surface area contributed by atoms with E-state index in [1.807, 2.05) is 24.3 Å². The monoisotopic (exact) mass is 329 g/mol. The van der Waals surface area contributed by atoms with E-state index in [4.69, 9.17) is 4.74 Å². The lowest BCUT2D eigenvalue weighted by molar-refractivity contribution is -0.123. The number of carbonyl (C=O) groups is 1. The van der Waals surface area contributed by atoms with Crippen molar-refractivity contribution in [1.29, 1.82) is 0 Å². The standard InChI is InChI=1S/C18H20FN3O2/c1-24-15-8-4-13(5-9-15)16-10-17(22-21-16)18(23)20-11-12-2-6-14(19)7-3-12/h2-9,16-17,21-22H,10-11H2,1H3,(H,20,23). The predicted octanol–water partition coefficient (Wildman–Crippen LogP) is 2.06. The lowest BCUT2D eigenvalue weighted by atomic mass is 10.0. The van der Waals surface area contributed by atoms with Crippen molar-refractivity contribution in [3.63, 3.8) is 0 Å². The Kier molecular flexibility index (Phi) is 5.08. The molecule has 1 saturated heterocycles. The summed E-state index contributed by atoms with van der Waals surface area (Å²) >= 11 is 0. The Morgan fingerprint density at radius 2 is 1.88 bits per heavy atom. The number of methoxy groups -OCH3 is 1. The fraction of sp³-hybridized carbons (Fsp3) is 0.278. The van der Waals surface area contributed by atoms with Gasteiger partial charge in [-0.15, -0.1) is 0 Å². The van der Waals surface area contributed by atoms with Gasteiger partial charge in [-0.05, 0) is 41.8 Å². The van der Waals surface area contributed by atoms with Crippen LogP contribution >= 0.6 is 0 Å². The predicted molar refractivity (Wildman–Crippen MR) is 88.7 cm³/mol. The molecule has 0 radical (unpaired) electrons. The highest BCUT2D eigenvalue weighted by Gasteiger charge is 2.29. The number of ether oxygens (including phenoxy) is 1. The maximum atomic E-state index is 12.9. The molecule has 2 unspecified atom stereocenters. The first-order valence-corrected chi connectivity index (χ1v) is 7.83. The molecule has 0 saturated carbocycles. The quantitative estimate of drug-likeness (QED) is 0.786. The summed E-state index contributed by atoms with van der Waals surface area (Å²) in [5.74, 6) is 0.440. The number of hydrazine groups is 1. The van der Waals surface area contributed by atoms with Crippen LogP contribution in [-0.4, -0.2) is 19.1 Å². The summed E-state index contributed by atoms with van der Waals surface area (Å²) in [6, 6.07) is 13.6. The molecule has 1 heterocycles. The fourth-order valence-electron chi connectivity index (χ4n) is 2.70. The summed E-state index contributed by atoms with van der Waals surface area (Å²) in [4.78, 5) is 12.3. The van der Waals surface area contributed by atoms with E-state index in [2.05, 4.69) is 16.2 Å². The molecule has 0 aromatic heterocycles. The first kappa shape index (κ1) is 16.4. The minimum atomic E-state index is -0.308. The summed E-state index contributed by atoms with van der Waals surface area (Å²) in [5, 5.41) is 2.87. The number of hydrogen-bond donors (Lipinski definition) is 3. The topological polar surface area (TPSA) is 62.4 Å². The Hall–Kier alpha value is -2.44. The van der Waals surface area contributed by atoms with Crippen LogP contribution in [0.1, 0.15) is 23.6 Å². The van der Waals surface area contributed by atoms with E-state index in [0.717, 1.165) is 16.9 Å². The summed E-state index contributed by atoms with van der Waals surface area (Å²) < 4.78 is 18.0. The van der Waals surface area contributed by atoms with Crippen molar-refractivity contribution in [2.24, 2.45) is 0 Å². The Morgan fingerprint density at radius 1 is 1.17 bits per heavy atom. The molecular weight excluding hydrogens is 309 g/mol. The van der Waals surface area contributed by atoms with Crippen molar-refractivity contribution >= 4 is 5.91 Å². The van der Waals surface area contributed by atoms with E-state index in [1.54, 1.807) is 19.2 Å². The largest absolute Gasteiger partial charge is 0.497 e. The maximum absolute atomic E-state index is 12.9. The van der Waals surface area contributed by atoms with E-state index in [0.29, 0.717) is 13.0 Å². The molecule has 1 aliphatic rings. The molecular formula is C18H20FN3O2. The van der Waals surface area contributed by atoms with Gasteiger partial charge in [0.1, 0.15) is 17.6 Å². The van der Waals surface area contributed by atoms with E-state index in [9.17, 15) is 9.18 Å². The van der Waals surface area contributed by atoms with Crippen LogP contribution in [0.2, 0.25) is 0 Å². The van der Waals surface area contributed by atoms with Gasteiger partial charge in [0.05, 0.1) is 7.11 Å². The van der Waals surface area contributed by atoms with Crippen molar-refractivity contribution in [2.45, 2.75) is 25.0 Å². The van der Waals surface area contributed by atoms with E-state index < -0.39 is 0 Å². The Labute approximate surface area is 140 Å². The molecule has 5 nitrogen and oxygen atoms in total. The van der Waals surface area contributed by atoms with Gasteiger partial charge in [-0.3, -0.25) is 4.79 Å². The first-order chi connectivity index (χ1) is 11.7. The number of nitrogens with one attached hydrogen (secondary N) is 3. The van der Waals surface area contributed by atoms with Crippen LogP contribution in [0, 0.1) is 5.82 Å². The van der Waals surface area contributed by atoms with Gasteiger partial charge in [-0.2, -0.15) is 0 Å². The minimum absolute atomic E-state index is 0.0671. The summed E-state index contributed by atoms with van der Waals surface area (Å²) in [6.45, 7) is 0.379. The molecule has 2 aromatic rings. The van der Waals surface area contributed by atoms with Crippen LogP contribution in [-0.2, 0) is 11.3 Å². The maximum Gasteiger partial charge on any atom is 0.238 e. The molecule has 24 heavy (non-hydrogen) atoms. The van der Waals surface area contributed by atoms with E-state index in [1.165, 1.54) is 12.1 Å². The zero-order valence-corrected chi connectivity index (χ0v) is 13.4. The van der Waals surface area contributed by atoms with E-state index in [-0.39, 0.29) is 23.8 Å². The summed E-state index contributed by atoms with van der Waals surface area (Å²) in [6.07, 6.45) is 0.654. The lowest BCUT2D eigenvalue weighted by Crippen LogP contribution is -2.42. The number of halogens is 1. The van der Waals surface area contributed by atoms with Crippen LogP contribution in [0.25, 0.3) is 0 Å². The second-order valence-corrected chi connectivity index (χ2v) is 5.75. The van der Waals surface area contributed by atoms with Gasteiger partial charge in [0, 0.05) is 12.6 Å². The van der Waals surface area contributed by atoms with Crippen molar-refractivity contribution in [2.75, 3.05) is 7.11 Å². The Morgan fingerprint density at radius 3 is 2.54 bits per heavy atom. The number of carbonyl (C=O) groups excluding carboxylic acids is 1. The third kappa shape index (κ3) is 3.90. The molecule has 1 amide bonds. The molecule has 3 N–H and O–H groups in total. The van der Waals surface area contributed by atoms with Gasteiger partial charge < -0.3 is 10.1 Å². The van der Waals surface area contributed by atoms with Gasteiger partial charge in [0.2, 0.25) is 5.91 Å². The average molecular weight is 329 g/mol. The highest BCUT2D eigenvalue weighted by molar-refractivity contribution is 5.82.